The third-order valence-electron chi connectivity index (χ3n) is 5.66. The summed E-state index contributed by atoms with van der Waals surface area (Å²) in [6.45, 7) is 5.71. The lowest BCUT2D eigenvalue weighted by molar-refractivity contribution is -0.123. The van der Waals surface area contributed by atoms with Gasteiger partial charge in [-0.15, -0.1) is 5.10 Å². The van der Waals surface area contributed by atoms with E-state index < -0.39 is 6.04 Å². The lowest BCUT2D eigenvalue weighted by Crippen LogP contribution is -2.46. The Bertz CT molecular complexity index is 1070. The smallest absolute Gasteiger partial charge is 0.280 e. The first-order chi connectivity index (χ1) is 14.9. The number of benzene rings is 1. The Kier molecular flexibility index (Phi) is 6.18. The fourth-order valence-electron chi connectivity index (χ4n) is 4.05. The van der Waals surface area contributed by atoms with E-state index in [1.807, 2.05) is 39.0 Å². The highest BCUT2D eigenvalue weighted by atomic mass is 32.1. The molecule has 2 amide bonds. The summed E-state index contributed by atoms with van der Waals surface area (Å²) >= 11 is 1.10. The first-order valence-electron chi connectivity index (χ1n) is 10.5. The van der Waals surface area contributed by atoms with Gasteiger partial charge in [0, 0.05) is 17.1 Å². The Hall–Kier alpha value is -3.00. The summed E-state index contributed by atoms with van der Waals surface area (Å²) in [6, 6.07) is 8.57. The number of aromatic nitrogens is 2. The molecule has 8 heteroatoms. The minimum atomic E-state index is -0.955. The SMILES string of the molecule is Cc1ccc(C)c(N(C(=O)c2csnn2)[C@H](C(=O)NC2CCCC2)c2ccc(C)o2)c1. The number of nitrogens with zero attached hydrogens (tertiary/aromatic N) is 3. The van der Waals surface area contributed by atoms with Crippen LogP contribution in [0.3, 0.4) is 0 Å². The van der Waals surface area contributed by atoms with E-state index in [0.717, 1.165) is 48.3 Å². The van der Waals surface area contributed by atoms with Gasteiger partial charge >= 0.3 is 0 Å². The third kappa shape index (κ3) is 4.54. The highest BCUT2D eigenvalue weighted by Crippen LogP contribution is 2.34. The second-order valence-corrected chi connectivity index (χ2v) is 8.71. The molecule has 1 aromatic carbocycles. The largest absolute Gasteiger partial charge is 0.464 e. The van der Waals surface area contributed by atoms with Crippen LogP contribution in [0, 0.1) is 20.8 Å². The maximum absolute atomic E-state index is 13.6. The normalized spacial score (nSPS) is 15.1. The van der Waals surface area contributed by atoms with Crippen molar-refractivity contribution in [3.05, 3.63) is 64.1 Å². The fourth-order valence-corrected chi connectivity index (χ4v) is 4.48. The quantitative estimate of drug-likeness (QED) is 0.612. The maximum atomic E-state index is 13.6. The number of rotatable bonds is 6. The number of aryl methyl sites for hydroxylation is 3. The van der Waals surface area contributed by atoms with Crippen LogP contribution in [-0.2, 0) is 4.79 Å². The van der Waals surface area contributed by atoms with Gasteiger partial charge < -0.3 is 9.73 Å². The van der Waals surface area contributed by atoms with Crippen molar-refractivity contribution in [3.63, 3.8) is 0 Å². The van der Waals surface area contributed by atoms with E-state index in [4.69, 9.17) is 4.42 Å². The van der Waals surface area contributed by atoms with Gasteiger partial charge in [0.15, 0.2) is 11.7 Å². The average Bonchev–Trinajstić information content (AvgIpc) is 3.50. The molecule has 0 saturated heterocycles. The van der Waals surface area contributed by atoms with Crippen molar-refractivity contribution in [1.29, 1.82) is 0 Å². The van der Waals surface area contributed by atoms with Gasteiger partial charge in [-0.2, -0.15) is 0 Å². The molecule has 0 unspecified atom stereocenters. The van der Waals surface area contributed by atoms with Gasteiger partial charge in [0.2, 0.25) is 0 Å². The van der Waals surface area contributed by atoms with Crippen molar-refractivity contribution in [2.24, 2.45) is 0 Å². The number of anilines is 1. The summed E-state index contributed by atoms with van der Waals surface area (Å²) in [5.74, 6) is 0.463. The molecular formula is C23H26N4O3S. The van der Waals surface area contributed by atoms with E-state index in [0.29, 0.717) is 17.2 Å². The van der Waals surface area contributed by atoms with Crippen molar-refractivity contribution >= 4 is 29.0 Å². The number of carbonyl (C=O) groups is 2. The van der Waals surface area contributed by atoms with Gasteiger partial charge in [0.1, 0.15) is 11.5 Å². The lowest BCUT2D eigenvalue weighted by Gasteiger charge is -2.31. The molecule has 1 N–H and O–H groups in total. The molecule has 1 aliphatic carbocycles. The van der Waals surface area contributed by atoms with Crippen LogP contribution in [0.25, 0.3) is 0 Å². The van der Waals surface area contributed by atoms with Crippen molar-refractivity contribution in [3.8, 4) is 0 Å². The summed E-state index contributed by atoms with van der Waals surface area (Å²) in [5, 5.41) is 8.72. The molecule has 1 saturated carbocycles. The summed E-state index contributed by atoms with van der Waals surface area (Å²) in [5.41, 5.74) is 2.72. The van der Waals surface area contributed by atoms with Crippen LogP contribution in [0.4, 0.5) is 5.69 Å². The molecule has 4 rings (SSSR count). The van der Waals surface area contributed by atoms with Crippen LogP contribution in [0.5, 0.6) is 0 Å². The van der Waals surface area contributed by atoms with E-state index in [1.165, 1.54) is 4.90 Å². The van der Waals surface area contributed by atoms with Crippen molar-refractivity contribution < 1.29 is 14.0 Å². The molecule has 31 heavy (non-hydrogen) atoms. The average molecular weight is 439 g/mol. The summed E-state index contributed by atoms with van der Waals surface area (Å²) < 4.78 is 9.73. The number of hydrogen-bond donors (Lipinski definition) is 1. The zero-order valence-corrected chi connectivity index (χ0v) is 18.7. The predicted octanol–water partition coefficient (Wildman–Crippen LogP) is 4.50. The summed E-state index contributed by atoms with van der Waals surface area (Å²) in [7, 11) is 0. The van der Waals surface area contributed by atoms with E-state index in [-0.39, 0.29) is 23.6 Å². The second-order valence-electron chi connectivity index (χ2n) is 8.10. The van der Waals surface area contributed by atoms with Gasteiger partial charge in [-0.25, -0.2) is 0 Å². The van der Waals surface area contributed by atoms with E-state index in [2.05, 4.69) is 14.9 Å². The van der Waals surface area contributed by atoms with E-state index in [1.54, 1.807) is 17.5 Å². The summed E-state index contributed by atoms with van der Waals surface area (Å²) in [6.07, 6.45) is 4.09. The standard InChI is InChI=1S/C23H26N4O3S/c1-14-8-9-15(2)19(12-14)27(23(29)18-13-31-26-25-18)21(20-11-10-16(3)30-20)22(28)24-17-6-4-5-7-17/h8-13,17,21H,4-7H2,1-3H3,(H,24,28)/t21-/m0/s1. The molecule has 1 aliphatic rings. The molecule has 0 spiro atoms. The zero-order valence-electron chi connectivity index (χ0n) is 17.9. The van der Waals surface area contributed by atoms with Crippen molar-refractivity contribution in [2.75, 3.05) is 4.90 Å². The maximum Gasteiger partial charge on any atom is 0.280 e. The van der Waals surface area contributed by atoms with Crippen LogP contribution in [0.1, 0.15) is 64.9 Å². The highest BCUT2D eigenvalue weighted by Gasteiger charge is 2.38. The molecule has 162 valence electrons. The van der Waals surface area contributed by atoms with Crippen LogP contribution < -0.4 is 10.2 Å². The predicted molar refractivity (Wildman–Crippen MR) is 119 cm³/mol. The third-order valence-corrected chi connectivity index (χ3v) is 6.17. The van der Waals surface area contributed by atoms with Crippen LogP contribution in [0.15, 0.2) is 40.1 Å². The summed E-state index contributed by atoms with van der Waals surface area (Å²) in [4.78, 5) is 28.7. The molecule has 1 fully saturated rings. The Morgan fingerprint density at radius 2 is 1.94 bits per heavy atom. The molecule has 0 bridgehead atoms. The first-order valence-corrected chi connectivity index (χ1v) is 11.3. The van der Waals surface area contributed by atoms with Crippen LogP contribution in [-0.4, -0.2) is 27.4 Å². The zero-order chi connectivity index (χ0) is 22.0. The van der Waals surface area contributed by atoms with Crippen molar-refractivity contribution in [1.82, 2.24) is 14.9 Å². The number of hydrogen-bond acceptors (Lipinski definition) is 6. The van der Waals surface area contributed by atoms with Gasteiger partial charge in [-0.3, -0.25) is 14.5 Å². The van der Waals surface area contributed by atoms with E-state index >= 15 is 0 Å². The van der Waals surface area contributed by atoms with Crippen molar-refractivity contribution in [2.45, 2.75) is 58.5 Å². The minimum absolute atomic E-state index is 0.113. The molecule has 0 aliphatic heterocycles. The molecule has 2 heterocycles. The van der Waals surface area contributed by atoms with Gasteiger partial charge in [0.05, 0.1) is 0 Å². The molecule has 2 aromatic heterocycles. The number of furan rings is 1. The van der Waals surface area contributed by atoms with Crippen LogP contribution in [0.2, 0.25) is 0 Å². The Morgan fingerprint density at radius 1 is 1.16 bits per heavy atom. The Balaban J connectivity index is 1.83. The number of carbonyl (C=O) groups excluding carboxylic acids is 2. The Labute approximate surface area is 185 Å². The second kappa shape index (κ2) is 9.01. The highest BCUT2D eigenvalue weighted by molar-refractivity contribution is 7.03. The fraction of sp³-hybridized carbons (Fsp3) is 0.391. The molecule has 3 aromatic rings. The number of amides is 2. The molecule has 0 radical (unpaired) electrons. The molecular weight excluding hydrogens is 412 g/mol. The van der Waals surface area contributed by atoms with E-state index in [9.17, 15) is 9.59 Å². The monoisotopic (exact) mass is 438 g/mol. The first kappa shape index (κ1) is 21.2. The molecule has 1 atom stereocenters. The van der Waals surface area contributed by atoms with Crippen LogP contribution >= 0.6 is 11.5 Å². The molecule has 7 nitrogen and oxygen atoms in total. The van der Waals surface area contributed by atoms with Gasteiger partial charge in [-0.1, -0.05) is 29.5 Å². The minimum Gasteiger partial charge on any atom is -0.464 e. The lowest BCUT2D eigenvalue weighted by atomic mass is 10.0. The van der Waals surface area contributed by atoms with Gasteiger partial charge in [-0.05, 0) is 74.5 Å². The topological polar surface area (TPSA) is 88.3 Å². The number of nitrogens with one attached hydrogen (secondary N) is 1. The van der Waals surface area contributed by atoms with Gasteiger partial charge in [0.25, 0.3) is 11.8 Å². The Morgan fingerprint density at radius 3 is 2.58 bits per heavy atom.